The van der Waals surface area contributed by atoms with E-state index in [1.54, 1.807) is 28.2 Å². The normalized spacial score (nSPS) is 26.5. The third kappa shape index (κ3) is 3.34. The predicted molar refractivity (Wildman–Crippen MR) is 86.4 cm³/mol. The summed E-state index contributed by atoms with van der Waals surface area (Å²) < 4.78 is 27.2. The molecule has 22 heavy (non-hydrogen) atoms. The fourth-order valence-corrected chi connectivity index (χ4v) is 3.66. The Morgan fingerprint density at radius 3 is 2.91 bits per heavy atom. The SMILES string of the molecule is CC1CN(C(=O)C2=CC=CN3CCS(=O)(=O)N=C23)CCN1.Cl. The number of allylic oxidation sites excluding steroid dienone is 2. The van der Waals surface area contributed by atoms with E-state index in [9.17, 15) is 13.2 Å². The van der Waals surface area contributed by atoms with Crippen molar-refractivity contribution in [1.82, 2.24) is 15.1 Å². The number of halogens is 1. The highest BCUT2D eigenvalue weighted by atomic mass is 35.5. The molecule has 3 aliphatic rings. The van der Waals surface area contributed by atoms with Crippen molar-refractivity contribution >= 4 is 34.2 Å². The molecule has 3 aliphatic heterocycles. The van der Waals surface area contributed by atoms with Gasteiger partial charge in [0.25, 0.3) is 15.9 Å². The van der Waals surface area contributed by atoms with E-state index in [0.29, 0.717) is 25.2 Å². The van der Waals surface area contributed by atoms with Gasteiger partial charge in [-0.05, 0) is 19.1 Å². The van der Waals surface area contributed by atoms with Gasteiger partial charge >= 0.3 is 0 Å². The van der Waals surface area contributed by atoms with Crippen LogP contribution in [0.15, 0.2) is 28.3 Å². The molecular formula is C13H19ClN4O3S. The van der Waals surface area contributed by atoms with Gasteiger partial charge in [-0.25, -0.2) is 8.42 Å². The van der Waals surface area contributed by atoms with Crippen molar-refractivity contribution in [3.8, 4) is 0 Å². The molecule has 0 aromatic heterocycles. The van der Waals surface area contributed by atoms with Gasteiger partial charge in [0.15, 0.2) is 5.84 Å². The number of sulfonamides is 1. The Kier molecular flexibility index (Phi) is 4.93. The molecule has 3 rings (SSSR count). The first-order valence-corrected chi connectivity index (χ1v) is 8.58. The molecule has 9 heteroatoms. The lowest BCUT2D eigenvalue weighted by molar-refractivity contribution is -0.127. The number of rotatable bonds is 1. The molecular weight excluding hydrogens is 328 g/mol. The van der Waals surface area contributed by atoms with E-state index in [0.717, 1.165) is 6.54 Å². The van der Waals surface area contributed by atoms with Crippen LogP contribution in [0.1, 0.15) is 6.92 Å². The molecule has 1 saturated heterocycles. The Labute approximate surface area is 136 Å². The first-order valence-electron chi connectivity index (χ1n) is 6.97. The Morgan fingerprint density at radius 1 is 1.41 bits per heavy atom. The van der Waals surface area contributed by atoms with Crippen molar-refractivity contribution in [2.24, 2.45) is 4.40 Å². The van der Waals surface area contributed by atoms with E-state index in [1.807, 2.05) is 6.92 Å². The van der Waals surface area contributed by atoms with Crippen molar-refractivity contribution < 1.29 is 13.2 Å². The lowest BCUT2D eigenvalue weighted by Crippen LogP contribution is -2.53. The molecule has 3 heterocycles. The summed E-state index contributed by atoms with van der Waals surface area (Å²) in [5.41, 5.74) is 0.356. The number of carbonyl (C=O) groups is 1. The highest BCUT2D eigenvalue weighted by molar-refractivity contribution is 7.90. The number of piperazine rings is 1. The van der Waals surface area contributed by atoms with Gasteiger partial charge in [0, 0.05) is 38.4 Å². The second-order valence-corrected chi connectivity index (χ2v) is 7.18. The smallest absolute Gasteiger partial charge is 0.257 e. The van der Waals surface area contributed by atoms with Gasteiger partial charge in [-0.15, -0.1) is 16.8 Å². The molecule has 0 radical (unpaired) electrons. The Bertz CT molecular complexity index is 656. The van der Waals surface area contributed by atoms with Crippen LogP contribution in [0.2, 0.25) is 0 Å². The number of nitrogens with one attached hydrogen (secondary N) is 1. The maximum absolute atomic E-state index is 12.7. The first-order chi connectivity index (χ1) is 9.96. The monoisotopic (exact) mass is 346 g/mol. The van der Waals surface area contributed by atoms with E-state index in [2.05, 4.69) is 9.71 Å². The Hall–Kier alpha value is -1.38. The average molecular weight is 347 g/mol. The Morgan fingerprint density at radius 2 is 2.18 bits per heavy atom. The highest BCUT2D eigenvalue weighted by Gasteiger charge is 2.32. The molecule has 1 amide bonds. The largest absolute Gasteiger partial charge is 0.336 e. The van der Waals surface area contributed by atoms with Crippen LogP contribution in [-0.4, -0.2) is 67.9 Å². The molecule has 1 unspecified atom stereocenters. The van der Waals surface area contributed by atoms with Crippen molar-refractivity contribution in [3.63, 3.8) is 0 Å². The van der Waals surface area contributed by atoms with E-state index < -0.39 is 10.0 Å². The van der Waals surface area contributed by atoms with Gasteiger partial charge in [0.1, 0.15) is 0 Å². The number of amides is 1. The average Bonchev–Trinajstić information content (AvgIpc) is 2.45. The van der Waals surface area contributed by atoms with Gasteiger partial charge in [0.05, 0.1) is 11.3 Å². The van der Waals surface area contributed by atoms with Crippen LogP contribution in [0.25, 0.3) is 0 Å². The van der Waals surface area contributed by atoms with Crippen molar-refractivity contribution in [2.75, 3.05) is 31.9 Å². The maximum Gasteiger partial charge on any atom is 0.257 e. The second kappa shape index (κ2) is 6.39. The summed E-state index contributed by atoms with van der Waals surface area (Å²) in [6, 6.07) is 0.232. The van der Waals surface area contributed by atoms with Gasteiger partial charge < -0.3 is 15.1 Å². The van der Waals surface area contributed by atoms with Gasteiger partial charge in [-0.2, -0.15) is 0 Å². The highest BCUT2D eigenvalue weighted by Crippen LogP contribution is 2.19. The molecule has 122 valence electrons. The van der Waals surface area contributed by atoms with Crippen LogP contribution in [-0.2, 0) is 14.8 Å². The zero-order valence-corrected chi connectivity index (χ0v) is 13.9. The molecule has 0 bridgehead atoms. The second-order valence-electron chi connectivity index (χ2n) is 5.42. The minimum absolute atomic E-state index is 0. The van der Waals surface area contributed by atoms with Gasteiger partial charge in [-0.1, -0.05) is 0 Å². The predicted octanol–water partition coefficient (Wildman–Crippen LogP) is -0.274. The number of fused-ring (bicyclic) bond motifs is 1. The zero-order chi connectivity index (χ0) is 15.0. The summed E-state index contributed by atoms with van der Waals surface area (Å²) in [5.74, 6) is 0.0703. The van der Waals surface area contributed by atoms with Crippen LogP contribution < -0.4 is 5.32 Å². The lowest BCUT2D eigenvalue weighted by atomic mass is 10.1. The molecule has 1 N–H and O–H groups in total. The zero-order valence-electron chi connectivity index (χ0n) is 12.2. The molecule has 0 saturated carbocycles. The van der Waals surface area contributed by atoms with Crippen LogP contribution in [0.5, 0.6) is 0 Å². The summed E-state index contributed by atoms with van der Waals surface area (Å²) in [6.07, 6.45) is 5.16. The minimum Gasteiger partial charge on any atom is -0.336 e. The molecule has 0 aliphatic carbocycles. The van der Waals surface area contributed by atoms with Crippen molar-refractivity contribution in [1.29, 1.82) is 0 Å². The van der Waals surface area contributed by atoms with E-state index >= 15 is 0 Å². The number of amidine groups is 1. The van der Waals surface area contributed by atoms with Gasteiger partial charge in [-0.3, -0.25) is 4.79 Å². The standard InChI is InChI=1S/C13H18N4O3S.ClH/c1-10-9-17(6-4-14-10)13(18)11-3-2-5-16-7-8-21(19,20)15-12(11)16;/h2-3,5,10,14H,4,6-9H2,1H3;1H. The fourth-order valence-electron chi connectivity index (χ4n) is 2.67. The van der Waals surface area contributed by atoms with Crippen LogP contribution in [0.4, 0.5) is 0 Å². The van der Waals surface area contributed by atoms with E-state index in [4.69, 9.17) is 0 Å². The molecule has 1 atom stereocenters. The molecule has 1 fully saturated rings. The fraction of sp³-hybridized carbons (Fsp3) is 0.538. The van der Waals surface area contributed by atoms with Crippen molar-refractivity contribution in [3.05, 3.63) is 23.9 Å². The van der Waals surface area contributed by atoms with Crippen LogP contribution in [0.3, 0.4) is 0 Å². The van der Waals surface area contributed by atoms with Crippen LogP contribution >= 0.6 is 12.4 Å². The Balaban J connectivity index is 0.00000176. The van der Waals surface area contributed by atoms with Crippen molar-refractivity contribution in [2.45, 2.75) is 13.0 Å². The first kappa shape index (κ1) is 17.0. The van der Waals surface area contributed by atoms with Gasteiger partial charge in [0.2, 0.25) is 0 Å². The van der Waals surface area contributed by atoms with E-state index in [-0.39, 0.29) is 35.9 Å². The molecule has 0 aromatic carbocycles. The topological polar surface area (TPSA) is 82.1 Å². The van der Waals surface area contributed by atoms with Crippen LogP contribution in [0, 0.1) is 0 Å². The minimum atomic E-state index is -3.47. The quantitative estimate of drug-likeness (QED) is 0.706. The summed E-state index contributed by atoms with van der Waals surface area (Å²) in [5, 5.41) is 3.28. The summed E-state index contributed by atoms with van der Waals surface area (Å²) in [6.45, 7) is 4.32. The van der Waals surface area contributed by atoms with E-state index in [1.165, 1.54) is 0 Å². The maximum atomic E-state index is 12.7. The summed E-state index contributed by atoms with van der Waals surface area (Å²) in [7, 11) is -3.47. The molecule has 7 nitrogen and oxygen atoms in total. The molecule has 0 aromatic rings. The summed E-state index contributed by atoms with van der Waals surface area (Å²) in [4.78, 5) is 16.1. The molecule has 0 spiro atoms. The third-order valence-corrected chi connectivity index (χ3v) is 4.89. The number of hydrogen-bond acceptors (Lipinski definition) is 5. The number of hydrogen-bond donors (Lipinski definition) is 1. The summed E-state index contributed by atoms with van der Waals surface area (Å²) >= 11 is 0. The number of nitrogens with zero attached hydrogens (tertiary/aromatic N) is 3. The third-order valence-electron chi connectivity index (χ3n) is 3.74. The number of carbonyl (C=O) groups excluding carboxylic acids is 1. The lowest BCUT2D eigenvalue weighted by Gasteiger charge is -2.35.